The molecule has 0 saturated carbocycles. The molecule has 0 aromatic heterocycles. The van der Waals surface area contributed by atoms with Crippen molar-refractivity contribution in [2.75, 3.05) is 26.2 Å². The van der Waals surface area contributed by atoms with E-state index in [-0.39, 0.29) is 17.9 Å². The topological polar surface area (TPSA) is 66.9 Å². The fourth-order valence-corrected chi connectivity index (χ4v) is 6.39. The van der Waals surface area contributed by atoms with Crippen LogP contribution in [0.3, 0.4) is 0 Å². The normalized spacial score (nSPS) is 23.4. The molecule has 164 valence electrons. The first-order valence-corrected chi connectivity index (χ1v) is 12.5. The summed E-state index contributed by atoms with van der Waals surface area (Å²) in [5.41, 5.74) is 4.05. The molecule has 0 spiro atoms. The van der Waals surface area contributed by atoms with Crippen LogP contribution < -0.4 is 4.74 Å². The Bertz CT molecular complexity index is 1140. The van der Waals surface area contributed by atoms with E-state index in [1.807, 2.05) is 31.2 Å². The van der Waals surface area contributed by atoms with Gasteiger partial charge in [0, 0.05) is 37.7 Å². The van der Waals surface area contributed by atoms with Crippen molar-refractivity contribution in [3.8, 4) is 5.75 Å². The molecule has 5 rings (SSSR count). The number of ether oxygens (including phenoxy) is 1. The quantitative estimate of drug-likeness (QED) is 0.735. The largest absolute Gasteiger partial charge is 0.489 e. The van der Waals surface area contributed by atoms with Gasteiger partial charge < -0.3 is 9.64 Å². The fourth-order valence-electron chi connectivity index (χ4n) is 4.91. The summed E-state index contributed by atoms with van der Waals surface area (Å²) in [5, 5.41) is 0. The van der Waals surface area contributed by atoms with Crippen LogP contribution in [0.25, 0.3) is 0 Å². The maximum absolute atomic E-state index is 13.2. The van der Waals surface area contributed by atoms with Gasteiger partial charge in [-0.05, 0) is 55.5 Å². The van der Waals surface area contributed by atoms with Crippen molar-refractivity contribution in [1.82, 2.24) is 9.21 Å². The molecule has 6 nitrogen and oxygen atoms in total. The third-order valence-corrected chi connectivity index (χ3v) is 8.90. The van der Waals surface area contributed by atoms with Crippen LogP contribution in [0.1, 0.15) is 53.2 Å². The van der Waals surface area contributed by atoms with Crippen LogP contribution in [0.2, 0.25) is 0 Å². The Morgan fingerprint density at radius 1 is 1.00 bits per heavy atom. The molecule has 1 aliphatic carbocycles. The van der Waals surface area contributed by atoms with Gasteiger partial charge >= 0.3 is 0 Å². The van der Waals surface area contributed by atoms with E-state index in [0.29, 0.717) is 42.4 Å². The predicted octanol–water partition coefficient (Wildman–Crippen LogP) is 3.21. The number of piperazine rings is 1. The van der Waals surface area contributed by atoms with Crippen molar-refractivity contribution in [2.24, 2.45) is 0 Å². The number of carbonyl (C=O) groups excluding carboxylic acids is 1. The molecule has 1 amide bonds. The minimum Gasteiger partial charge on any atom is -0.489 e. The Morgan fingerprint density at radius 2 is 1.74 bits per heavy atom. The van der Waals surface area contributed by atoms with Crippen LogP contribution in [0.15, 0.2) is 41.3 Å². The zero-order valence-corrected chi connectivity index (χ0v) is 18.8. The lowest BCUT2D eigenvalue weighted by molar-refractivity contribution is 0.0692. The summed E-state index contributed by atoms with van der Waals surface area (Å²) in [6.45, 7) is 5.46. The standard InChI is InChI=1S/C24H28N2O4S/c1-16-17(2)30-23-21(16)7-4-8-22(23)24(27)25-11-13-26(14-12-25)31(28,29)20-10-9-18-5-3-6-19(18)15-20/h4,7-10,15-17H,3,5-6,11-14H2,1-2H3. The number of carbonyl (C=O) groups is 1. The monoisotopic (exact) mass is 440 g/mol. The van der Waals surface area contributed by atoms with Gasteiger partial charge in [-0.2, -0.15) is 4.31 Å². The second-order valence-corrected chi connectivity index (χ2v) is 10.8. The molecule has 2 aromatic rings. The highest BCUT2D eigenvalue weighted by Gasteiger charge is 2.35. The van der Waals surface area contributed by atoms with E-state index in [4.69, 9.17) is 4.74 Å². The van der Waals surface area contributed by atoms with Crippen molar-refractivity contribution in [3.05, 3.63) is 58.7 Å². The van der Waals surface area contributed by atoms with Crippen molar-refractivity contribution >= 4 is 15.9 Å². The molecule has 2 aromatic carbocycles. The van der Waals surface area contributed by atoms with Crippen molar-refractivity contribution in [2.45, 2.75) is 50.0 Å². The molecule has 2 heterocycles. The molecule has 7 heteroatoms. The summed E-state index contributed by atoms with van der Waals surface area (Å²) in [7, 11) is -3.55. The Kier molecular flexibility index (Phi) is 5.06. The van der Waals surface area contributed by atoms with Crippen LogP contribution in [0, 0.1) is 0 Å². The first-order chi connectivity index (χ1) is 14.9. The molecule has 2 atom stereocenters. The first kappa shape index (κ1) is 20.5. The van der Waals surface area contributed by atoms with Crippen LogP contribution in [-0.2, 0) is 22.9 Å². The predicted molar refractivity (Wildman–Crippen MR) is 118 cm³/mol. The minimum atomic E-state index is -3.55. The van der Waals surface area contributed by atoms with Gasteiger partial charge in [0.05, 0.1) is 10.5 Å². The van der Waals surface area contributed by atoms with Crippen LogP contribution in [-0.4, -0.2) is 55.8 Å². The summed E-state index contributed by atoms with van der Waals surface area (Å²) >= 11 is 0. The van der Waals surface area contributed by atoms with E-state index in [1.165, 1.54) is 9.87 Å². The molecular weight excluding hydrogens is 412 g/mol. The lowest BCUT2D eigenvalue weighted by atomic mass is 9.96. The number of hydrogen-bond donors (Lipinski definition) is 0. The Hall–Kier alpha value is -2.38. The third kappa shape index (κ3) is 3.44. The van der Waals surface area contributed by atoms with E-state index in [1.54, 1.807) is 17.0 Å². The van der Waals surface area contributed by atoms with E-state index in [2.05, 4.69) is 6.92 Å². The number of rotatable bonds is 3. The number of nitrogens with zero attached hydrogens (tertiary/aromatic N) is 2. The zero-order chi connectivity index (χ0) is 21.8. The highest BCUT2D eigenvalue weighted by atomic mass is 32.2. The molecule has 1 saturated heterocycles. The van der Waals surface area contributed by atoms with E-state index in [9.17, 15) is 13.2 Å². The van der Waals surface area contributed by atoms with Crippen LogP contribution in [0.4, 0.5) is 0 Å². The number of aryl methyl sites for hydroxylation is 2. The molecule has 2 aliphatic heterocycles. The highest BCUT2D eigenvalue weighted by molar-refractivity contribution is 7.89. The number of hydrogen-bond acceptors (Lipinski definition) is 4. The Balaban J connectivity index is 1.31. The van der Waals surface area contributed by atoms with Gasteiger partial charge in [-0.25, -0.2) is 8.42 Å². The molecule has 0 radical (unpaired) electrons. The molecule has 3 aliphatic rings. The van der Waals surface area contributed by atoms with Crippen molar-refractivity contribution in [3.63, 3.8) is 0 Å². The van der Waals surface area contributed by atoms with Gasteiger partial charge in [-0.3, -0.25) is 4.79 Å². The maximum Gasteiger partial charge on any atom is 0.257 e. The summed E-state index contributed by atoms with van der Waals surface area (Å²) in [6, 6.07) is 11.2. The van der Waals surface area contributed by atoms with Crippen LogP contribution in [0.5, 0.6) is 5.75 Å². The number of fused-ring (bicyclic) bond motifs is 2. The first-order valence-electron chi connectivity index (χ1n) is 11.1. The lowest BCUT2D eigenvalue weighted by Gasteiger charge is -2.34. The fraction of sp³-hybridized carbons (Fsp3) is 0.458. The SMILES string of the molecule is CC1Oc2c(C(=O)N3CCN(S(=O)(=O)c4ccc5c(c4)CCC5)CC3)cccc2C1C. The Morgan fingerprint density at radius 3 is 2.52 bits per heavy atom. The summed E-state index contributed by atoms with van der Waals surface area (Å²) < 4.78 is 33.8. The maximum atomic E-state index is 13.2. The van der Waals surface area contributed by atoms with E-state index < -0.39 is 10.0 Å². The second kappa shape index (κ2) is 7.64. The number of amides is 1. The van der Waals surface area contributed by atoms with Gasteiger partial charge in [-0.15, -0.1) is 0 Å². The number of para-hydroxylation sites is 1. The second-order valence-electron chi connectivity index (χ2n) is 8.82. The van der Waals surface area contributed by atoms with Crippen molar-refractivity contribution in [1.29, 1.82) is 0 Å². The zero-order valence-electron chi connectivity index (χ0n) is 18.0. The van der Waals surface area contributed by atoms with Gasteiger partial charge in [0.15, 0.2) is 0 Å². The summed E-state index contributed by atoms with van der Waals surface area (Å²) in [6.07, 6.45) is 3.10. The summed E-state index contributed by atoms with van der Waals surface area (Å²) in [4.78, 5) is 15.3. The Labute approximate surface area is 183 Å². The van der Waals surface area contributed by atoms with Crippen molar-refractivity contribution < 1.29 is 17.9 Å². The smallest absolute Gasteiger partial charge is 0.257 e. The lowest BCUT2D eigenvalue weighted by Crippen LogP contribution is -2.50. The molecule has 0 bridgehead atoms. The average molecular weight is 441 g/mol. The highest BCUT2D eigenvalue weighted by Crippen LogP contribution is 2.40. The van der Waals surface area contributed by atoms with Gasteiger partial charge in [0.1, 0.15) is 11.9 Å². The molecule has 1 fully saturated rings. The average Bonchev–Trinajstić information content (AvgIpc) is 3.37. The molecule has 31 heavy (non-hydrogen) atoms. The summed E-state index contributed by atoms with van der Waals surface area (Å²) in [5.74, 6) is 0.838. The van der Waals surface area contributed by atoms with E-state index >= 15 is 0 Å². The molecule has 2 unspecified atom stereocenters. The van der Waals surface area contributed by atoms with E-state index in [0.717, 1.165) is 30.4 Å². The van der Waals surface area contributed by atoms with Gasteiger partial charge in [0.25, 0.3) is 5.91 Å². The van der Waals surface area contributed by atoms with Crippen LogP contribution >= 0.6 is 0 Å². The number of sulfonamides is 1. The third-order valence-electron chi connectivity index (χ3n) is 7.01. The van der Waals surface area contributed by atoms with Gasteiger partial charge in [-0.1, -0.05) is 25.1 Å². The van der Waals surface area contributed by atoms with Gasteiger partial charge in [0.2, 0.25) is 10.0 Å². The minimum absolute atomic E-state index is 0.0401. The number of benzene rings is 2. The molecular formula is C24H28N2O4S. The molecule has 0 N–H and O–H groups in total.